The molecule has 2 heterocycles. The fourth-order valence-electron chi connectivity index (χ4n) is 3.05. The highest BCUT2D eigenvalue weighted by Crippen LogP contribution is 2.26. The first kappa shape index (κ1) is 12.9. The molecule has 2 atom stereocenters. The highest BCUT2D eigenvalue weighted by atomic mass is 16.2. The van der Waals surface area contributed by atoms with E-state index in [4.69, 9.17) is 0 Å². The number of carbonyl (C=O) groups is 1. The topological polar surface area (TPSA) is 32.3 Å². The van der Waals surface area contributed by atoms with Gasteiger partial charge in [-0.2, -0.15) is 0 Å². The molecule has 1 amide bonds. The van der Waals surface area contributed by atoms with Crippen LogP contribution in [0.15, 0.2) is 0 Å². The molecule has 2 saturated heterocycles. The molecule has 2 aliphatic heterocycles. The summed E-state index contributed by atoms with van der Waals surface area (Å²) in [5, 5.41) is 3.25. The number of rotatable bonds is 4. The molecule has 1 N–H and O–H groups in total. The van der Waals surface area contributed by atoms with Crippen molar-refractivity contribution in [3.8, 4) is 0 Å². The summed E-state index contributed by atoms with van der Waals surface area (Å²) in [6, 6.07) is 0. The monoisotopic (exact) mass is 238 g/mol. The zero-order chi connectivity index (χ0) is 12.4. The molecule has 3 nitrogen and oxygen atoms in total. The molecule has 0 radical (unpaired) electrons. The van der Waals surface area contributed by atoms with Gasteiger partial charge in [-0.1, -0.05) is 20.8 Å². The minimum absolute atomic E-state index is 0.217. The van der Waals surface area contributed by atoms with Crippen LogP contribution in [0, 0.1) is 23.7 Å². The fraction of sp³-hybridized carbons (Fsp3) is 0.929. The first-order chi connectivity index (χ1) is 8.08. The van der Waals surface area contributed by atoms with Crippen LogP contribution in [0.25, 0.3) is 0 Å². The maximum atomic E-state index is 12.3. The summed E-state index contributed by atoms with van der Waals surface area (Å²) in [6.45, 7) is 10.7. The SMILES string of the molecule is CC(C)CC1CCN(C(=O)C(C)C2CNC2)C1. The van der Waals surface area contributed by atoms with E-state index in [2.05, 4.69) is 31.0 Å². The first-order valence-electron chi connectivity index (χ1n) is 7.07. The normalized spacial score (nSPS) is 27.3. The second-order valence-electron chi connectivity index (χ2n) is 6.28. The fourth-order valence-corrected chi connectivity index (χ4v) is 3.05. The summed E-state index contributed by atoms with van der Waals surface area (Å²) in [7, 11) is 0. The molecule has 0 saturated carbocycles. The van der Waals surface area contributed by atoms with Gasteiger partial charge in [0, 0.05) is 19.0 Å². The lowest BCUT2D eigenvalue weighted by molar-refractivity contribution is -0.136. The Labute approximate surface area is 105 Å². The lowest BCUT2D eigenvalue weighted by atomic mass is 9.88. The van der Waals surface area contributed by atoms with Gasteiger partial charge >= 0.3 is 0 Å². The van der Waals surface area contributed by atoms with E-state index in [9.17, 15) is 4.79 Å². The van der Waals surface area contributed by atoms with Gasteiger partial charge < -0.3 is 10.2 Å². The highest BCUT2D eigenvalue weighted by molar-refractivity contribution is 5.79. The predicted octanol–water partition coefficient (Wildman–Crippen LogP) is 1.74. The predicted molar refractivity (Wildman–Crippen MR) is 69.7 cm³/mol. The molecule has 2 aliphatic rings. The number of hydrogen-bond donors (Lipinski definition) is 1. The second-order valence-corrected chi connectivity index (χ2v) is 6.28. The molecule has 0 bridgehead atoms. The van der Waals surface area contributed by atoms with E-state index >= 15 is 0 Å². The van der Waals surface area contributed by atoms with Crippen LogP contribution < -0.4 is 5.32 Å². The van der Waals surface area contributed by atoms with E-state index in [1.807, 2.05) is 0 Å². The van der Waals surface area contributed by atoms with Crippen LogP contribution in [-0.2, 0) is 4.79 Å². The number of amides is 1. The maximum Gasteiger partial charge on any atom is 0.225 e. The molecule has 0 aromatic rings. The highest BCUT2D eigenvalue weighted by Gasteiger charge is 2.34. The van der Waals surface area contributed by atoms with E-state index in [-0.39, 0.29) is 5.92 Å². The van der Waals surface area contributed by atoms with Crippen LogP contribution in [0.5, 0.6) is 0 Å². The minimum Gasteiger partial charge on any atom is -0.342 e. The summed E-state index contributed by atoms with van der Waals surface area (Å²) in [5.41, 5.74) is 0. The van der Waals surface area contributed by atoms with Gasteiger partial charge in [0.2, 0.25) is 5.91 Å². The lowest BCUT2D eigenvalue weighted by Crippen LogP contribution is -2.50. The molecule has 2 unspecified atom stereocenters. The second kappa shape index (κ2) is 5.38. The Bertz CT molecular complexity index is 273. The van der Waals surface area contributed by atoms with E-state index < -0.39 is 0 Å². The molecule has 17 heavy (non-hydrogen) atoms. The molecular formula is C14H26N2O. The molecule has 2 fully saturated rings. The van der Waals surface area contributed by atoms with E-state index in [0.29, 0.717) is 11.8 Å². The third-order valence-corrected chi connectivity index (χ3v) is 4.31. The van der Waals surface area contributed by atoms with Crippen LogP contribution in [0.2, 0.25) is 0 Å². The third-order valence-electron chi connectivity index (χ3n) is 4.31. The van der Waals surface area contributed by atoms with Gasteiger partial charge in [0.15, 0.2) is 0 Å². The van der Waals surface area contributed by atoms with Crippen molar-refractivity contribution in [2.75, 3.05) is 26.2 Å². The molecule has 2 rings (SSSR count). The quantitative estimate of drug-likeness (QED) is 0.809. The molecule has 0 aromatic heterocycles. The lowest BCUT2D eigenvalue weighted by Gasteiger charge is -2.34. The number of nitrogens with zero attached hydrogens (tertiary/aromatic N) is 1. The van der Waals surface area contributed by atoms with Crippen molar-refractivity contribution in [2.24, 2.45) is 23.7 Å². The van der Waals surface area contributed by atoms with Crippen LogP contribution in [0.3, 0.4) is 0 Å². The van der Waals surface area contributed by atoms with Gasteiger partial charge in [-0.25, -0.2) is 0 Å². The molecule has 0 aliphatic carbocycles. The van der Waals surface area contributed by atoms with Crippen molar-refractivity contribution >= 4 is 5.91 Å². The Morgan fingerprint density at radius 2 is 2.06 bits per heavy atom. The van der Waals surface area contributed by atoms with Crippen LogP contribution in [0.4, 0.5) is 0 Å². The minimum atomic E-state index is 0.217. The number of likely N-dealkylation sites (tertiary alicyclic amines) is 1. The van der Waals surface area contributed by atoms with Gasteiger partial charge in [0.25, 0.3) is 0 Å². The smallest absolute Gasteiger partial charge is 0.225 e. The zero-order valence-electron chi connectivity index (χ0n) is 11.4. The molecule has 0 spiro atoms. The number of carbonyl (C=O) groups excluding carboxylic acids is 1. The van der Waals surface area contributed by atoms with Crippen LogP contribution in [0.1, 0.15) is 33.6 Å². The average Bonchev–Trinajstić information content (AvgIpc) is 2.61. The average molecular weight is 238 g/mol. The largest absolute Gasteiger partial charge is 0.342 e. The molecule has 98 valence electrons. The van der Waals surface area contributed by atoms with Crippen molar-refractivity contribution < 1.29 is 4.79 Å². The standard InChI is InChI=1S/C14H26N2O/c1-10(2)6-12-4-5-16(9-12)14(17)11(3)13-7-15-8-13/h10-13,15H,4-9H2,1-3H3. The summed E-state index contributed by atoms with van der Waals surface area (Å²) < 4.78 is 0. The van der Waals surface area contributed by atoms with E-state index in [1.165, 1.54) is 12.8 Å². The summed E-state index contributed by atoms with van der Waals surface area (Å²) >= 11 is 0. The Hall–Kier alpha value is -0.570. The van der Waals surface area contributed by atoms with Crippen LogP contribution in [-0.4, -0.2) is 37.0 Å². The van der Waals surface area contributed by atoms with Gasteiger partial charge in [0.1, 0.15) is 0 Å². The first-order valence-corrected chi connectivity index (χ1v) is 7.07. The number of nitrogens with one attached hydrogen (secondary N) is 1. The van der Waals surface area contributed by atoms with E-state index in [0.717, 1.165) is 38.0 Å². The Morgan fingerprint density at radius 3 is 2.59 bits per heavy atom. The van der Waals surface area contributed by atoms with Crippen molar-refractivity contribution in [3.05, 3.63) is 0 Å². The zero-order valence-corrected chi connectivity index (χ0v) is 11.4. The van der Waals surface area contributed by atoms with Crippen molar-refractivity contribution in [2.45, 2.75) is 33.6 Å². The molecule has 3 heteroatoms. The van der Waals surface area contributed by atoms with Crippen molar-refractivity contribution in [3.63, 3.8) is 0 Å². The van der Waals surface area contributed by atoms with Gasteiger partial charge in [0.05, 0.1) is 0 Å². The third kappa shape index (κ3) is 3.01. The Balaban J connectivity index is 1.80. The van der Waals surface area contributed by atoms with Gasteiger partial charge in [-0.3, -0.25) is 4.79 Å². The molecule has 0 aromatic carbocycles. The van der Waals surface area contributed by atoms with Crippen LogP contribution >= 0.6 is 0 Å². The summed E-state index contributed by atoms with van der Waals surface area (Å²) in [6.07, 6.45) is 2.47. The maximum absolute atomic E-state index is 12.3. The van der Waals surface area contributed by atoms with Crippen molar-refractivity contribution in [1.82, 2.24) is 10.2 Å². The Morgan fingerprint density at radius 1 is 1.35 bits per heavy atom. The van der Waals surface area contributed by atoms with E-state index in [1.54, 1.807) is 0 Å². The summed E-state index contributed by atoms with van der Waals surface area (Å²) in [5.74, 6) is 2.68. The Kier molecular flexibility index (Phi) is 4.08. The van der Waals surface area contributed by atoms with Gasteiger partial charge in [-0.05, 0) is 43.7 Å². The van der Waals surface area contributed by atoms with Gasteiger partial charge in [-0.15, -0.1) is 0 Å². The summed E-state index contributed by atoms with van der Waals surface area (Å²) in [4.78, 5) is 14.4. The van der Waals surface area contributed by atoms with Crippen molar-refractivity contribution in [1.29, 1.82) is 0 Å². The molecular weight excluding hydrogens is 212 g/mol. The number of hydrogen-bond acceptors (Lipinski definition) is 2.